The highest BCUT2D eigenvalue weighted by Gasteiger charge is 2.36. The van der Waals surface area contributed by atoms with E-state index in [2.05, 4.69) is 5.32 Å². The summed E-state index contributed by atoms with van der Waals surface area (Å²) in [6.45, 7) is 2.16. The zero-order valence-electron chi connectivity index (χ0n) is 16.4. The van der Waals surface area contributed by atoms with E-state index in [1.54, 1.807) is 42.3 Å². The summed E-state index contributed by atoms with van der Waals surface area (Å²) in [6, 6.07) is 10.2. The van der Waals surface area contributed by atoms with Crippen molar-refractivity contribution < 1.29 is 19.1 Å². The van der Waals surface area contributed by atoms with Gasteiger partial charge in [-0.2, -0.15) is 0 Å². The number of hydrogen-bond donors (Lipinski definition) is 1. The predicted octanol–water partition coefficient (Wildman–Crippen LogP) is 4.24. The van der Waals surface area contributed by atoms with E-state index in [1.807, 2.05) is 13.0 Å². The Labute approximate surface area is 179 Å². The van der Waals surface area contributed by atoms with Gasteiger partial charge >= 0.3 is 0 Å². The van der Waals surface area contributed by atoms with Crippen molar-refractivity contribution in [2.45, 2.75) is 19.4 Å². The molecule has 2 aromatic rings. The number of amides is 2. The van der Waals surface area contributed by atoms with Crippen molar-refractivity contribution in [2.75, 3.05) is 25.7 Å². The molecule has 3 rings (SSSR count). The Bertz CT molecular complexity index is 935. The van der Waals surface area contributed by atoms with Gasteiger partial charge < -0.3 is 19.7 Å². The maximum Gasteiger partial charge on any atom is 0.227 e. The lowest BCUT2D eigenvalue weighted by Gasteiger charge is -2.20. The Hall–Kier alpha value is -2.44. The highest BCUT2D eigenvalue weighted by molar-refractivity contribution is 6.42. The third-order valence-corrected chi connectivity index (χ3v) is 5.72. The first-order valence-corrected chi connectivity index (χ1v) is 9.87. The predicted molar refractivity (Wildman–Crippen MR) is 113 cm³/mol. The molecule has 1 heterocycles. The number of nitrogens with one attached hydrogen (secondary N) is 1. The number of nitrogens with zero attached hydrogens (tertiary/aromatic N) is 1. The lowest BCUT2D eigenvalue weighted by atomic mass is 10.0. The molecule has 2 aromatic carbocycles. The van der Waals surface area contributed by atoms with Gasteiger partial charge in [-0.05, 0) is 36.8 Å². The van der Waals surface area contributed by atoms with Gasteiger partial charge in [-0.25, -0.2) is 0 Å². The molecule has 1 N–H and O–H groups in total. The summed E-state index contributed by atoms with van der Waals surface area (Å²) in [6.07, 6.45) is 0.147. The molecule has 154 valence electrons. The second-order valence-electron chi connectivity index (χ2n) is 6.85. The van der Waals surface area contributed by atoms with Crippen molar-refractivity contribution in [1.29, 1.82) is 0 Å². The van der Waals surface area contributed by atoms with E-state index >= 15 is 0 Å². The SMILES string of the molecule is COc1ccc(N2CC(C(=O)NC(C)c3ccc(Cl)c(Cl)c3)CC2=O)cc1OC. The summed E-state index contributed by atoms with van der Waals surface area (Å²) < 4.78 is 10.5. The highest BCUT2D eigenvalue weighted by Crippen LogP contribution is 2.34. The summed E-state index contributed by atoms with van der Waals surface area (Å²) in [5.41, 5.74) is 1.51. The molecule has 2 amide bonds. The van der Waals surface area contributed by atoms with Crippen molar-refractivity contribution in [3.05, 3.63) is 52.0 Å². The molecule has 0 aliphatic carbocycles. The Morgan fingerprint density at radius 2 is 1.83 bits per heavy atom. The van der Waals surface area contributed by atoms with Gasteiger partial charge in [0.05, 0.1) is 36.2 Å². The van der Waals surface area contributed by atoms with Crippen LogP contribution in [-0.2, 0) is 9.59 Å². The van der Waals surface area contributed by atoms with Crippen LogP contribution in [0.25, 0.3) is 0 Å². The van der Waals surface area contributed by atoms with Crippen molar-refractivity contribution in [2.24, 2.45) is 5.92 Å². The molecule has 0 saturated carbocycles. The first-order valence-electron chi connectivity index (χ1n) is 9.11. The highest BCUT2D eigenvalue weighted by atomic mass is 35.5. The van der Waals surface area contributed by atoms with Crippen molar-refractivity contribution >= 4 is 40.7 Å². The molecular weight excluding hydrogens is 415 g/mol. The lowest BCUT2D eigenvalue weighted by Crippen LogP contribution is -2.34. The molecule has 1 fully saturated rings. The first-order chi connectivity index (χ1) is 13.8. The van der Waals surface area contributed by atoms with Crippen molar-refractivity contribution in [3.63, 3.8) is 0 Å². The van der Waals surface area contributed by atoms with E-state index in [9.17, 15) is 9.59 Å². The number of rotatable bonds is 6. The third kappa shape index (κ3) is 4.60. The first kappa shape index (κ1) is 21.3. The van der Waals surface area contributed by atoms with Crippen LogP contribution in [0.15, 0.2) is 36.4 Å². The minimum atomic E-state index is -0.444. The standard InChI is InChI=1S/C21H22Cl2N2O4/c1-12(13-4-6-16(22)17(23)8-13)24-21(27)14-9-20(26)25(11-14)15-5-7-18(28-2)19(10-15)29-3/h4-8,10,12,14H,9,11H2,1-3H3,(H,24,27). The van der Waals surface area contributed by atoms with Gasteiger partial charge in [0.2, 0.25) is 11.8 Å². The van der Waals surface area contributed by atoms with E-state index in [0.29, 0.717) is 33.8 Å². The minimum Gasteiger partial charge on any atom is -0.493 e. The topological polar surface area (TPSA) is 67.9 Å². The quantitative estimate of drug-likeness (QED) is 0.734. The molecule has 2 atom stereocenters. The van der Waals surface area contributed by atoms with Gasteiger partial charge in [-0.1, -0.05) is 29.3 Å². The molecular formula is C21H22Cl2N2O4. The van der Waals surface area contributed by atoms with E-state index in [-0.39, 0.29) is 24.3 Å². The summed E-state index contributed by atoms with van der Waals surface area (Å²) >= 11 is 12.0. The third-order valence-electron chi connectivity index (χ3n) is 4.98. The Kier molecular flexibility index (Phi) is 6.55. The number of anilines is 1. The largest absolute Gasteiger partial charge is 0.493 e. The average molecular weight is 437 g/mol. The van der Waals surface area contributed by atoms with Crippen LogP contribution in [0.1, 0.15) is 24.9 Å². The van der Waals surface area contributed by atoms with Crippen LogP contribution in [0.5, 0.6) is 11.5 Å². The molecule has 29 heavy (non-hydrogen) atoms. The molecule has 1 aliphatic heterocycles. The maximum atomic E-state index is 12.7. The van der Waals surface area contributed by atoms with Crippen LogP contribution in [0.3, 0.4) is 0 Å². The van der Waals surface area contributed by atoms with Crippen LogP contribution in [0.2, 0.25) is 10.0 Å². The Morgan fingerprint density at radius 1 is 1.10 bits per heavy atom. The minimum absolute atomic E-state index is 0.112. The smallest absolute Gasteiger partial charge is 0.227 e. The number of carbonyl (C=O) groups excluding carboxylic acids is 2. The number of halogens is 2. The van der Waals surface area contributed by atoms with Crippen LogP contribution >= 0.6 is 23.2 Å². The summed E-state index contributed by atoms with van der Waals surface area (Å²) in [5, 5.41) is 3.84. The molecule has 0 spiro atoms. The lowest BCUT2D eigenvalue weighted by molar-refractivity contribution is -0.126. The average Bonchev–Trinajstić information content (AvgIpc) is 3.11. The number of benzene rings is 2. The number of methoxy groups -OCH3 is 2. The molecule has 6 nitrogen and oxygen atoms in total. The zero-order chi connectivity index (χ0) is 21.1. The van der Waals surface area contributed by atoms with Gasteiger partial charge in [0, 0.05) is 24.7 Å². The maximum absolute atomic E-state index is 12.7. The molecule has 1 aliphatic rings. The fourth-order valence-corrected chi connectivity index (χ4v) is 3.63. The van der Waals surface area contributed by atoms with Crippen LogP contribution in [0.4, 0.5) is 5.69 Å². The van der Waals surface area contributed by atoms with Crippen LogP contribution in [-0.4, -0.2) is 32.6 Å². The normalized spacial score (nSPS) is 17.2. The van der Waals surface area contributed by atoms with E-state index < -0.39 is 5.92 Å². The van der Waals surface area contributed by atoms with Crippen molar-refractivity contribution in [1.82, 2.24) is 5.32 Å². The van der Waals surface area contributed by atoms with Crippen LogP contribution in [0, 0.1) is 5.92 Å². The van der Waals surface area contributed by atoms with Gasteiger partial charge in [-0.3, -0.25) is 9.59 Å². The Balaban J connectivity index is 1.69. The second-order valence-corrected chi connectivity index (χ2v) is 7.66. The van der Waals surface area contributed by atoms with Gasteiger partial charge in [0.1, 0.15) is 0 Å². The fourth-order valence-electron chi connectivity index (χ4n) is 3.32. The van der Waals surface area contributed by atoms with E-state index in [4.69, 9.17) is 32.7 Å². The summed E-state index contributed by atoms with van der Waals surface area (Å²) in [5.74, 6) is 0.367. The fraction of sp³-hybridized carbons (Fsp3) is 0.333. The van der Waals surface area contributed by atoms with E-state index in [1.165, 1.54) is 7.11 Å². The monoisotopic (exact) mass is 436 g/mol. The van der Waals surface area contributed by atoms with Gasteiger partial charge in [0.15, 0.2) is 11.5 Å². The molecule has 0 radical (unpaired) electrons. The zero-order valence-corrected chi connectivity index (χ0v) is 17.9. The number of ether oxygens (including phenoxy) is 2. The molecule has 2 unspecified atom stereocenters. The molecule has 8 heteroatoms. The van der Waals surface area contributed by atoms with E-state index in [0.717, 1.165) is 5.56 Å². The van der Waals surface area contributed by atoms with Crippen molar-refractivity contribution in [3.8, 4) is 11.5 Å². The molecule has 1 saturated heterocycles. The van der Waals surface area contributed by atoms with Gasteiger partial charge in [-0.15, -0.1) is 0 Å². The number of carbonyl (C=O) groups is 2. The van der Waals surface area contributed by atoms with Gasteiger partial charge in [0.25, 0.3) is 0 Å². The Morgan fingerprint density at radius 3 is 2.48 bits per heavy atom. The number of hydrogen-bond acceptors (Lipinski definition) is 4. The summed E-state index contributed by atoms with van der Waals surface area (Å²) in [7, 11) is 3.09. The molecule has 0 bridgehead atoms. The van der Waals surface area contributed by atoms with Crippen LogP contribution < -0.4 is 19.7 Å². The molecule has 0 aromatic heterocycles. The second kappa shape index (κ2) is 8.93. The summed E-state index contributed by atoms with van der Waals surface area (Å²) in [4.78, 5) is 26.8.